The van der Waals surface area contributed by atoms with Crippen LogP contribution < -0.4 is 10.4 Å². The largest absolute Gasteiger partial charge is 0.431 e. The predicted octanol–water partition coefficient (Wildman–Crippen LogP) is 5.10. The molecule has 0 unspecified atom stereocenters. The summed E-state index contributed by atoms with van der Waals surface area (Å²) in [5.41, 5.74) is 2.23. The van der Waals surface area contributed by atoms with Crippen LogP contribution >= 0.6 is 11.3 Å². The van der Waals surface area contributed by atoms with Crippen molar-refractivity contribution >= 4 is 28.0 Å². The lowest BCUT2D eigenvalue weighted by Crippen LogP contribution is -2.04. The Kier molecular flexibility index (Phi) is 5.09. The molecule has 8 heteroatoms. The highest BCUT2D eigenvalue weighted by molar-refractivity contribution is 7.11. The Labute approximate surface area is 169 Å². The maximum atomic E-state index is 12.1. The second kappa shape index (κ2) is 7.84. The van der Waals surface area contributed by atoms with Crippen molar-refractivity contribution in [1.29, 1.82) is 0 Å². The molecule has 2 heterocycles. The number of hydrogen-bond donors (Lipinski definition) is 0. The van der Waals surface area contributed by atoms with Gasteiger partial charge in [0.1, 0.15) is 11.3 Å². The molecule has 146 valence electrons. The third-order valence-electron chi connectivity index (χ3n) is 4.60. The van der Waals surface area contributed by atoms with Crippen LogP contribution in [-0.2, 0) is 12.8 Å². The minimum absolute atomic E-state index is 0.0939. The van der Waals surface area contributed by atoms with E-state index >= 15 is 0 Å². The molecule has 0 saturated carbocycles. The number of benzene rings is 2. The number of rotatable bonds is 6. The molecule has 0 aliphatic carbocycles. The highest BCUT2D eigenvalue weighted by atomic mass is 32.1. The van der Waals surface area contributed by atoms with Gasteiger partial charge in [0.25, 0.3) is 10.9 Å². The number of nitrogens with zero attached hydrogens (tertiary/aromatic N) is 2. The van der Waals surface area contributed by atoms with Crippen LogP contribution in [0, 0.1) is 10.1 Å². The number of aromatic nitrogens is 1. The van der Waals surface area contributed by atoms with Crippen LogP contribution in [0.25, 0.3) is 11.0 Å². The zero-order valence-electron chi connectivity index (χ0n) is 15.5. The summed E-state index contributed by atoms with van der Waals surface area (Å²) in [6.07, 6.45) is 2.56. The van der Waals surface area contributed by atoms with Crippen LogP contribution in [0.1, 0.15) is 23.6 Å². The average Bonchev–Trinajstić information content (AvgIpc) is 3.20. The lowest BCUT2D eigenvalue weighted by atomic mass is 9.95. The molecule has 2 aromatic carbocycles. The predicted molar refractivity (Wildman–Crippen MR) is 110 cm³/mol. The molecule has 0 bridgehead atoms. The van der Waals surface area contributed by atoms with Crippen LogP contribution in [0.15, 0.2) is 63.3 Å². The topological polar surface area (TPSA) is 95.5 Å². The minimum atomic E-state index is -0.484. The molecule has 29 heavy (non-hydrogen) atoms. The van der Waals surface area contributed by atoms with Crippen molar-refractivity contribution in [3.63, 3.8) is 0 Å². The lowest BCUT2D eigenvalue weighted by Gasteiger charge is -2.11. The monoisotopic (exact) mass is 408 g/mol. The van der Waals surface area contributed by atoms with Gasteiger partial charge in [0.15, 0.2) is 0 Å². The first-order chi connectivity index (χ1) is 14.0. The fraction of sp³-hybridized carbons (Fsp3) is 0.143. The van der Waals surface area contributed by atoms with Gasteiger partial charge in [0.05, 0.1) is 4.92 Å². The molecule has 0 N–H and O–H groups in total. The van der Waals surface area contributed by atoms with E-state index in [1.807, 2.05) is 19.1 Å². The van der Waals surface area contributed by atoms with E-state index < -0.39 is 5.63 Å². The summed E-state index contributed by atoms with van der Waals surface area (Å²) >= 11 is 1.36. The third-order valence-corrected chi connectivity index (χ3v) is 5.24. The van der Waals surface area contributed by atoms with E-state index in [0.29, 0.717) is 34.9 Å². The van der Waals surface area contributed by atoms with E-state index in [1.54, 1.807) is 29.8 Å². The second-order valence-corrected chi connectivity index (χ2v) is 7.21. The number of nitro benzene ring substituents is 1. The van der Waals surface area contributed by atoms with Crippen molar-refractivity contribution in [3.8, 4) is 10.9 Å². The summed E-state index contributed by atoms with van der Waals surface area (Å²) in [4.78, 5) is 27.2. The Morgan fingerprint density at radius 1 is 1.21 bits per heavy atom. The molecule has 0 saturated heterocycles. The zero-order valence-corrected chi connectivity index (χ0v) is 16.3. The van der Waals surface area contributed by atoms with E-state index in [4.69, 9.17) is 9.15 Å². The minimum Gasteiger partial charge on any atom is -0.431 e. The molecule has 7 nitrogen and oxygen atoms in total. The van der Waals surface area contributed by atoms with Crippen molar-refractivity contribution in [3.05, 3.63) is 91.3 Å². The molecule has 0 spiro atoms. The van der Waals surface area contributed by atoms with Crippen molar-refractivity contribution in [2.24, 2.45) is 0 Å². The maximum Gasteiger partial charge on any atom is 0.336 e. The Morgan fingerprint density at radius 2 is 2.07 bits per heavy atom. The standard InChI is InChI=1S/C21H16N2O5S/c1-2-16-13(4-3-5-18(16)23(25)26)10-14-11-20(24)28-19-12-15(6-7-17(14)19)27-21-22-8-9-29-21/h3-9,11-12H,2,10H2,1H3. The fourth-order valence-corrected chi connectivity index (χ4v) is 3.86. The summed E-state index contributed by atoms with van der Waals surface area (Å²) in [5, 5.41) is 14.4. The van der Waals surface area contributed by atoms with Crippen molar-refractivity contribution in [1.82, 2.24) is 4.98 Å². The van der Waals surface area contributed by atoms with Gasteiger partial charge in [0, 0.05) is 40.7 Å². The average molecular weight is 408 g/mol. The van der Waals surface area contributed by atoms with Gasteiger partial charge in [-0.1, -0.05) is 30.4 Å². The number of nitro groups is 1. The van der Waals surface area contributed by atoms with E-state index in [2.05, 4.69) is 4.98 Å². The van der Waals surface area contributed by atoms with E-state index in [9.17, 15) is 14.9 Å². The molecule has 0 amide bonds. The van der Waals surface area contributed by atoms with Gasteiger partial charge in [-0.2, -0.15) is 0 Å². The fourth-order valence-electron chi connectivity index (χ4n) is 3.35. The highest BCUT2D eigenvalue weighted by Gasteiger charge is 2.17. The molecule has 0 atom stereocenters. The smallest absolute Gasteiger partial charge is 0.336 e. The van der Waals surface area contributed by atoms with Gasteiger partial charge in [-0.3, -0.25) is 10.1 Å². The molecular weight excluding hydrogens is 392 g/mol. The van der Waals surface area contributed by atoms with Gasteiger partial charge in [-0.05, 0) is 36.1 Å². The Balaban J connectivity index is 1.76. The molecule has 0 aliphatic heterocycles. The normalized spacial score (nSPS) is 10.9. The van der Waals surface area contributed by atoms with Crippen LogP contribution in [-0.4, -0.2) is 9.91 Å². The van der Waals surface area contributed by atoms with E-state index in [0.717, 1.165) is 16.5 Å². The van der Waals surface area contributed by atoms with Gasteiger partial charge in [-0.25, -0.2) is 9.78 Å². The Morgan fingerprint density at radius 3 is 2.79 bits per heavy atom. The first-order valence-electron chi connectivity index (χ1n) is 8.94. The molecule has 0 radical (unpaired) electrons. The van der Waals surface area contributed by atoms with E-state index in [-0.39, 0.29) is 10.6 Å². The first kappa shape index (κ1) is 18.8. The number of thiazole rings is 1. The number of ether oxygens (including phenoxy) is 1. The van der Waals surface area contributed by atoms with Crippen LogP contribution in [0.3, 0.4) is 0 Å². The summed E-state index contributed by atoms with van der Waals surface area (Å²) in [6.45, 7) is 1.88. The van der Waals surface area contributed by atoms with Crippen LogP contribution in [0.5, 0.6) is 10.9 Å². The summed E-state index contributed by atoms with van der Waals surface area (Å²) in [5.74, 6) is 0.511. The number of fused-ring (bicyclic) bond motifs is 1. The molecule has 4 aromatic rings. The third kappa shape index (κ3) is 3.88. The molecule has 0 fully saturated rings. The Bertz CT molecular complexity index is 1250. The molecule has 0 aliphatic rings. The van der Waals surface area contributed by atoms with E-state index in [1.165, 1.54) is 23.5 Å². The van der Waals surface area contributed by atoms with Crippen molar-refractivity contribution < 1.29 is 14.1 Å². The molecule has 2 aromatic heterocycles. The zero-order chi connectivity index (χ0) is 20.4. The van der Waals surface area contributed by atoms with Crippen LogP contribution in [0.2, 0.25) is 0 Å². The molecular formula is C21H16N2O5S. The summed E-state index contributed by atoms with van der Waals surface area (Å²) in [6, 6.07) is 11.7. The van der Waals surface area contributed by atoms with Gasteiger partial charge in [0.2, 0.25) is 0 Å². The Hall–Kier alpha value is -3.52. The quantitative estimate of drug-likeness (QED) is 0.250. The lowest BCUT2D eigenvalue weighted by molar-refractivity contribution is -0.385. The maximum absolute atomic E-state index is 12.1. The van der Waals surface area contributed by atoms with Gasteiger partial charge in [-0.15, -0.1) is 0 Å². The number of hydrogen-bond acceptors (Lipinski definition) is 7. The van der Waals surface area contributed by atoms with Crippen molar-refractivity contribution in [2.45, 2.75) is 19.8 Å². The highest BCUT2D eigenvalue weighted by Crippen LogP contribution is 2.30. The first-order valence-corrected chi connectivity index (χ1v) is 9.82. The van der Waals surface area contributed by atoms with Gasteiger partial charge < -0.3 is 9.15 Å². The molecule has 4 rings (SSSR count). The summed E-state index contributed by atoms with van der Waals surface area (Å²) < 4.78 is 11.0. The van der Waals surface area contributed by atoms with Crippen LogP contribution in [0.4, 0.5) is 5.69 Å². The second-order valence-electron chi connectivity index (χ2n) is 6.35. The van der Waals surface area contributed by atoms with Crippen molar-refractivity contribution in [2.75, 3.05) is 0 Å². The summed E-state index contributed by atoms with van der Waals surface area (Å²) in [7, 11) is 0. The SMILES string of the molecule is CCc1c(Cc2cc(=O)oc3cc(Oc4nccs4)ccc23)cccc1[N+](=O)[O-]. The van der Waals surface area contributed by atoms with Gasteiger partial charge >= 0.3 is 5.63 Å².